The van der Waals surface area contributed by atoms with E-state index in [9.17, 15) is 14.9 Å². The Hall–Kier alpha value is -2.88. The Kier molecular flexibility index (Phi) is 5.04. The van der Waals surface area contributed by atoms with Gasteiger partial charge in [-0.1, -0.05) is 0 Å². The zero-order chi connectivity index (χ0) is 14.3. The molecular formula is C12H10N2O5. The van der Waals surface area contributed by atoms with E-state index in [1.807, 2.05) is 0 Å². The number of rotatable bonds is 5. The molecule has 1 rings (SSSR count). The van der Waals surface area contributed by atoms with E-state index in [-0.39, 0.29) is 18.0 Å². The van der Waals surface area contributed by atoms with Gasteiger partial charge in [0.05, 0.1) is 18.1 Å². The van der Waals surface area contributed by atoms with Crippen molar-refractivity contribution >= 4 is 17.7 Å². The van der Waals surface area contributed by atoms with Gasteiger partial charge >= 0.3 is 5.97 Å². The molecule has 0 aliphatic heterocycles. The summed E-state index contributed by atoms with van der Waals surface area (Å²) in [6.45, 7) is -0.250. The molecule has 0 saturated heterocycles. The SMILES string of the molecule is COC(=O)/C=C/c1ccc([N+](=O)[O-])cc1OCC#N. The van der Waals surface area contributed by atoms with Gasteiger partial charge in [0, 0.05) is 17.7 Å². The van der Waals surface area contributed by atoms with Crippen molar-refractivity contribution in [1.82, 2.24) is 0 Å². The maximum atomic E-state index is 11.0. The van der Waals surface area contributed by atoms with Gasteiger partial charge in [-0.25, -0.2) is 4.79 Å². The normalized spacial score (nSPS) is 9.89. The summed E-state index contributed by atoms with van der Waals surface area (Å²) in [5.74, 6) is -0.416. The third kappa shape index (κ3) is 4.12. The Morgan fingerprint density at radius 2 is 2.32 bits per heavy atom. The Labute approximate surface area is 108 Å². The van der Waals surface area contributed by atoms with Crippen molar-refractivity contribution in [3.05, 3.63) is 40.0 Å². The number of nitro groups is 1. The van der Waals surface area contributed by atoms with Gasteiger partial charge in [-0.3, -0.25) is 10.1 Å². The zero-order valence-corrected chi connectivity index (χ0v) is 10.0. The van der Waals surface area contributed by atoms with E-state index in [1.54, 1.807) is 6.07 Å². The number of hydrogen-bond acceptors (Lipinski definition) is 6. The molecule has 0 bridgehead atoms. The lowest BCUT2D eigenvalue weighted by Gasteiger charge is -2.05. The Morgan fingerprint density at radius 3 is 2.89 bits per heavy atom. The molecule has 7 nitrogen and oxygen atoms in total. The van der Waals surface area contributed by atoms with Crippen LogP contribution in [0.1, 0.15) is 5.56 Å². The lowest BCUT2D eigenvalue weighted by atomic mass is 10.1. The maximum absolute atomic E-state index is 11.0. The first kappa shape index (κ1) is 14.2. The highest BCUT2D eigenvalue weighted by atomic mass is 16.6. The van der Waals surface area contributed by atoms with Crippen molar-refractivity contribution in [2.45, 2.75) is 0 Å². The number of hydrogen-bond donors (Lipinski definition) is 0. The molecule has 0 atom stereocenters. The minimum absolute atomic E-state index is 0.149. The second-order valence-electron chi connectivity index (χ2n) is 3.28. The van der Waals surface area contributed by atoms with E-state index >= 15 is 0 Å². The van der Waals surface area contributed by atoms with Crippen LogP contribution in [0.2, 0.25) is 0 Å². The molecule has 0 fully saturated rings. The molecule has 1 aromatic carbocycles. The summed E-state index contributed by atoms with van der Waals surface area (Å²) in [5, 5.41) is 19.1. The molecule has 0 aliphatic carbocycles. The summed E-state index contributed by atoms with van der Waals surface area (Å²) < 4.78 is 9.50. The fourth-order valence-electron chi connectivity index (χ4n) is 1.24. The van der Waals surface area contributed by atoms with Crippen LogP contribution in [0.5, 0.6) is 5.75 Å². The minimum Gasteiger partial charge on any atom is -0.478 e. The topological polar surface area (TPSA) is 102 Å². The van der Waals surface area contributed by atoms with Gasteiger partial charge in [-0.05, 0) is 12.1 Å². The number of non-ortho nitro benzene ring substituents is 1. The first-order valence-electron chi connectivity index (χ1n) is 5.12. The van der Waals surface area contributed by atoms with Crippen LogP contribution in [0.3, 0.4) is 0 Å². The van der Waals surface area contributed by atoms with Crippen molar-refractivity contribution in [3.8, 4) is 11.8 Å². The maximum Gasteiger partial charge on any atom is 0.330 e. The van der Waals surface area contributed by atoms with E-state index in [1.165, 1.54) is 31.4 Å². The molecule has 0 N–H and O–H groups in total. The van der Waals surface area contributed by atoms with Crippen LogP contribution < -0.4 is 4.74 Å². The number of nitriles is 1. The van der Waals surface area contributed by atoms with Crippen molar-refractivity contribution < 1.29 is 19.2 Å². The van der Waals surface area contributed by atoms with Crippen molar-refractivity contribution in [2.24, 2.45) is 0 Å². The summed E-state index contributed by atoms with van der Waals surface area (Å²) in [5.41, 5.74) is 0.273. The number of nitrogens with zero attached hydrogens (tertiary/aromatic N) is 2. The number of carbonyl (C=O) groups excluding carboxylic acids is 1. The summed E-state index contributed by atoms with van der Waals surface area (Å²) in [4.78, 5) is 21.0. The Balaban J connectivity index is 3.08. The third-order valence-electron chi connectivity index (χ3n) is 2.10. The highest BCUT2D eigenvalue weighted by Gasteiger charge is 2.10. The minimum atomic E-state index is -0.576. The molecule has 19 heavy (non-hydrogen) atoms. The zero-order valence-electron chi connectivity index (χ0n) is 10.0. The summed E-state index contributed by atoms with van der Waals surface area (Å²) in [6.07, 6.45) is 2.54. The van der Waals surface area contributed by atoms with Crippen molar-refractivity contribution in [2.75, 3.05) is 13.7 Å². The molecule has 0 saturated carbocycles. The van der Waals surface area contributed by atoms with Gasteiger partial charge in [0.2, 0.25) is 0 Å². The molecule has 0 aliphatic rings. The molecule has 0 aromatic heterocycles. The van der Waals surface area contributed by atoms with Crippen LogP contribution in [-0.2, 0) is 9.53 Å². The molecule has 1 aromatic rings. The quantitative estimate of drug-likeness (QED) is 0.346. The molecule has 98 valence electrons. The first-order valence-corrected chi connectivity index (χ1v) is 5.12. The number of benzene rings is 1. The third-order valence-corrected chi connectivity index (χ3v) is 2.10. The molecule has 0 unspecified atom stereocenters. The van der Waals surface area contributed by atoms with E-state index in [2.05, 4.69) is 4.74 Å². The van der Waals surface area contributed by atoms with Crippen LogP contribution >= 0.6 is 0 Å². The van der Waals surface area contributed by atoms with Gasteiger partial charge < -0.3 is 9.47 Å². The molecular weight excluding hydrogens is 252 g/mol. The number of esters is 1. The van der Waals surface area contributed by atoms with Gasteiger partial charge in [0.25, 0.3) is 5.69 Å². The predicted octanol–water partition coefficient (Wildman–Crippen LogP) is 1.68. The molecule has 0 spiro atoms. The number of nitro benzene ring substituents is 1. The van der Waals surface area contributed by atoms with E-state index < -0.39 is 10.9 Å². The van der Waals surface area contributed by atoms with Crippen LogP contribution in [0.4, 0.5) is 5.69 Å². The molecule has 0 heterocycles. The van der Waals surface area contributed by atoms with Gasteiger partial charge in [-0.15, -0.1) is 0 Å². The standard InChI is InChI=1S/C12H10N2O5/c1-18-12(15)5-3-9-2-4-10(14(16)17)8-11(9)19-7-6-13/h2-5,8H,7H2,1H3/b5-3+. The summed E-state index contributed by atoms with van der Waals surface area (Å²) in [6, 6.07) is 5.64. The highest BCUT2D eigenvalue weighted by molar-refractivity contribution is 5.87. The molecule has 0 radical (unpaired) electrons. The van der Waals surface area contributed by atoms with Gasteiger partial charge in [0.15, 0.2) is 6.61 Å². The second-order valence-corrected chi connectivity index (χ2v) is 3.28. The Bertz CT molecular complexity index is 560. The van der Waals surface area contributed by atoms with Gasteiger partial charge in [-0.2, -0.15) is 5.26 Å². The van der Waals surface area contributed by atoms with Crippen molar-refractivity contribution in [3.63, 3.8) is 0 Å². The van der Waals surface area contributed by atoms with Crippen LogP contribution in [0, 0.1) is 21.4 Å². The highest BCUT2D eigenvalue weighted by Crippen LogP contribution is 2.26. The molecule has 7 heteroatoms. The lowest BCUT2D eigenvalue weighted by molar-refractivity contribution is -0.384. The van der Waals surface area contributed by atoms with E-state index in [0.29, 0.717) is 5.56 Å². The first-order chi connectivity index (χ1) is 9.08. The smallest absolute Gasteiger partial charge is 0.330 e. The van der Waals surface area contributed by atoms with Crippen LogP contribution in [0.15, 0.2) is 24.3 Å². The summed E-state index contributed by atoms with van der Waals surface area (Å²) >= 11 is 0. The second kappa shape index (κ2) is 6.76. The lowest BCUT2D eigenvalue weighted by Crippen LogP contribution is -1.98. The number of ether oxygens (including phenoxy) is 2. The fraction of sp³-hybridized carbons (Fsp3) is 0.167. The van der Waals surface area contributed by atoms with Crippen molar-refractivity contribution in [1.29, 1.82) is 5.26 Å². The largest absolute Gasteiger partial charge is 0.478 e. The Morgan fingerprint density at radius 1 is 1.58 bits per heavy atom. The van der Waals surface area contributed by atoms with E-state index in [4.69, 9.17) is 10.00 Å². The average Bonchev–Trinajstić information content (AvgIpc) is 2.42. The average molecular weight is 262 g/mol. The van der Waals surface area contributed by atoms with E-state index in [0.717, 1.165) is 6.08 Å². The van der Waals surface area contributed by atoms with Gasteiger partial charge in [0.1, 0.15) is 11.8 Å². The fourth-order valence-corrected chi connectivity index (χ4v) is 1.24. The summed E-state index contributed by atoms with van der Waals surface area (Å²) in [7, 11) is 1.23. The number of carbonyl (C=O) groups is 1. The number of methoxy groups -OCH3 is 1. The van der Waals surface area contributed by atoms with Crippen LogP contribution in [0.25, 0.3) is 6.08 Å². The molecule has 0 amide bonds. The van der Waals surface area contributed by atoms with Crippen LogP contribution in [-0.4, -0.2) is 24.6 Å². The predicted molar refractivity (Wildman–Crippen MR) is 65.3 cm³/mol. The monoisotopic (exact) mass is 262 g/mol.